The normalized spacial score (nSPS) is 24.3. The number of anilines is 1. The summed E-state index contributed by atoms with van der Waals surface area (Å²) in [5.41, 5.74) is -2.67. The second-order valence-electron chi connectivity index (χ2n) is 11.5. The van der Waals surface area contributed by atoms with Gasteiger partial charge in [0.05, 0.1) is 5.69 Å². The minimum atomic E-state index is -2.00. The number of nitrogens with one attached hydrogen (secondary N) is 2. The van der Waals surface area contributed by atoms with Crippen molar-refractivity contribution in [2.45, 2.75) is 50.4 Å². The summed E-state index contributed by atoms with van der Waals surface area (Å²) in [7, 11) is 3.44. The quantitative estimate of drug-likeness (QED) is 0.256. The van der Waals surface area contributed by atoms with Crippen molar-refractivity contribution < 1.29 is 18.8 Å². The summed E-state index contributed by atoms with van der Waals surface area (Å²) >= 11 is 3.30. The molecule has 0 bridgehead atoms. The number of fused-ring (bicyclic) bond motifs is 1. The number of carbonyl (C=O) groups excluding carboxylic acids is 3. The molecule has 1 amide bonds. The molecule has 43 heavy (non-hydrogen) atoms. The second kappa shape index (κ2) is 11.4. The van der Waals surface area contributed by atoms with E-state index in [1.165, 1.54) is 6.92 Å². The molecule has 0 spiro atoms. The van der Waals surface area contributed by atoms with Gasteiger partial charge in [0.25, 0.3) is 5.91 Å². The van der Waals surface area contributed by atoms with Crippen molar-refractivity contribution in [3.8, 4) is 11.1 Å². The highest BCUT2D eigenvalue weighted by molar-refractivity contribution is 9.10. The Morgan fingerprint density at radius 1 is 1.09 bits per heavy atom. The molecule has 2 aliphatic rings. The van der Waals surface area contributed by atoms with Gasteiger partial charge in [-0.3, -0.25) is 19.7 Å². The minimum absolute atomic E-state index is 0.0150. The molecule has 3 unspecified atom stereocenters. The molecule has 0 aliphatic carbocycles. The second-order valence-corrected chi connectivity index (χ2v) is 12.4. The zero-order chi connectivity index (χ0) is 31.2. The molecule has 2 N–H and O–H groups in total. The first-order chi connectivity index (χ1) is 20.3. The predicted octanol–water partition coefficient (Wildman–Crippen LogP) is 4.40. The van der Waals surface area contributed by atoms with Gasteiger partial charge in [0.2, 0.25) is 0 Å². The van der Waals surface area contributed by atoms with E-state index in [4.69, 9.17) is 0 Å². The number of alkyl halides is 1. The smallest absolute Gasteiger partial charge is 0.253 e. The lowest BCUT2D eigenvalue weighted by Crippen LogP contribution is -2.58. The number of amides is 1. The molecule has 3 aromatic rings. The number of benzene rings is 1. The summed E-state index contributed by atoms with van der Waals surface area (Å²) in [6.07, 6.45) is 2.39. The average molecular weight is 652 g/mol. The van der Waals surface area contributed by atoms with Gasteiger partial charge in [-0.15, -0.1) is 0 Å². The molecule has 13 heteroatoms. The molecule has 1 fully saturated rings. The number of aryl methyl sites for hydroxylation is 2. The van der Waals surface area contributed by atoms with Crippen molar-refractivity contribution in [3.63, 3.8) is 0 Å². The van der Waals surface area contributed by atoms with Gasteiger partial charge in [-0.1, -0.05) is 12.1 Å². The fourth-order valence-electron chi connectivity index (χ4n) is 5.69. The van der Waals surface area contributed by atoms with Gasteiger partial charge in [0.1, 0.15) is 21.9 Å². The fraction of sp³-hybridized carbons (Fsp3) is 0.400. The number of halogens is 2. The summed E-state index contributed by atoms with van der Waals surface area (Å²) in [5, 5.41) is 14.2. The Morgan fingerprint density at radius 2 is 1.81 bits per heavy atom. The highest BCUT2D eigenvalue weighted by Crippen LogP contribution is 2.47. The molecular formula is C30H32BrFN8O3. The van der Waals surface area contributed by atoms with E-state index in [1.54, 1.807) is 69.5 Å². The van der Waals surface area contributed by atoms with Gasteiger partial charge in [0.15, 0.2) is 22.6 Å². The van der Waals surface area contributed by atoms with Crippen molar-refractivity contribution in [1.29, 1.82) is 0 Å². The van der Waals surface area contributed by atoms with Crippen LogP contribution in [0.3, 0.4) is 0 Å². The lowest BCUT2D eigenvalue weighted by atomic mass is 9.75. The predicted molar refractivity (Wildman–Crippen MR) is 162 cm³/mol. The van der Waals surface area contributed by atoms with E-state index >= 15 is 4.39 Å². The number of aromatic nitrogens is 3. The van der Waals surface area contributed by atoms with Crippen LogP contribution in [-0.4, -0.2) is 75.7 Å². The van der Waals surface area contributed by atoms with Crippen LogP contribution in [-0.2, 0) is 19.9 Å². The van der Waals surface area contributed by atoms with Gasteiger partial charge in [-0.25, -0.2) is 19.3 Å². The highest BCUT2D eigenvalue weighted by atomic mass is 79.9. The fourth-order valence-corrected chi connectivity index (χ4v) is 5.99. The van der Waals surface area contributed by atoms with Crippen LogP contribution >= 0.6 is 15.9 Å². The van der Waals surface area contributed by atoms with E-state index in [1.807, 2.05) is 6.07 Å². The Kier molecular flexibility index (Phi) is 8.09. The first-order valence-corrected chi connectivity index (χ1v) is 14.5. The van der Waals surface area contributed by atoms with Gasteiger partial charge < -0.3 is 10.2 Å². The number of hydrogen-bond donors (Lipinski definition) is 2. The summed E-state index contributed by atoms with van der Waals surface area (Å²) in [4.78, 5) is 56.2. The molecule has 1 aromatic carbocycles. The number of hydrogen-bond acceptors (Lipinski definition) is 10. The number of azo groups is 1. The molecule has 0 radical (unpaired) electrons. The number of rotatable bonds is 9. The summed E-state index contributed by atoms with van der Waals surface area (Å²) in [6.45, 7) is 4.61. The largest absolute Gasteiger partial charge is 0.308 e. The third kappa shape index (κ3) is 5.76. The Bertz CT molecular complexity index is 1650. The zero-order valence-electron chi connectivity index (χ0n) is 24.5. The standard InChI is InChI=1S/C30H32BrFN8O3/c1-17-6-9-25(31)36-26(17)37-27(43)30(14-28(32,15-35-30)16-40(4)5)24(42)11-29(18(2)41)22-10-20(7-8-23(22)38-39-29)21-12-33-19(3)34-13-21/h6-10,12-13,35H,11,14-16H2,1-5H3,(H,36,37,43). The minimum Gasteiger partial charge on any atom is -0.308 e. The number of Topliss-reactive ketones (excluding diaryl/α,β-unsaturated/α-hetero) is 2. The first-order valence-electron chi connectivity index (χ1n) is 13.7. The van der Waals surface area contributed by atoms with E-state index in [9.17, 15) is 14.4 Å². The van der Waals surface area contributed by atoms with Crippen LogP contribution in [0.15, 0.2) is 57.6 Å². The topological polar surface area (TPSA) is 142 Å². The van der Waals surface area contributed by atoms with Crippen LogP contribution in [0.1, 0.15) is 36.7 Å². The maximum absolute atomic E-state index is 16.2. The van der Waals surface area contributed by atoms with Crippen LogP contribution in [0.5, 0.6) is 0 Å². The Morgan fingerprint density at radius 3 is 2.49 bits per heavy atom. The molecule has 11 nitrogen and oxygen atoms in total. The van der Waals surface area contributed by atoms with Gasteiger partial charge in [-0.05, 0) is 80.1 Å². The third-order valence-electron chi connectivity index (χ3n) is 7.93. The molecular weight excluding hydrogens is 619 g/mol. The van der Waals surface area contributed by atoms with Crippen molar-refractivity contribution in [2.75, 3.05) is 32.5 Å². The summed E-state index contributed by atoms with van der Waals surface area (Å²) in [5.74, 6) is -1.03. The molecule has 224 valence electrons. The van der Waals surface area contributed by atoms with Crippen molar-refractivity contribution in [1.82, 2.24) is 25.2 Å². The van der Waals surface area contributed by atoms with Crippen molar-refractivity contribution in [2.24, 2.45) is 10.2 Å². The lowest BCUT2D eigenvalue weighted by Gasteiger charge is -2.32. The Balaban J connectivity index is 1.54. The van der Waals surface area contributed by atoms with Crippen LogP contribution in [0, 0.1) is 13.8 Å². The van der Waals surface area contributed by atoms with E-state index < -0.39 is 47.1 Å². The molecule has 1 saturated heterocycles. The zero-order valence-corrected chi connectivity index (χ0v) is 26.1. The number of carbonyl (C=O) groups is 3. The van der Waals surface area contributed by atoms with Crippen molar-refractivity contribution in [3.05, 3.63) is 64.3 Å². The summed E-state index contributed by atoms with van der Waals surface area (Å²) in [6, 6.07) is 8.74. The number of pyridine rings is 1. The Labute approximate surface area is 256 Å². The number of nitrogens with zero attached hydrogens (tertiary/aromatic N) is 6. The van der Waals surface area contributed by atoms with E-state index in [0.717, 1.165) is 0 Å². The lowest BCUT2D eigenvalue weighted by molar-refractivity contribution is -0.137. The number of ketones is 2. The highest BCUT2D eigenvalue weighted by Gasteiger charge is 2.60. The molecule has 2 aliphatic heterocycles. The van der Waals surface area contributed by atoms with E-state index in [0.29, 0.717) is 38.4 Å². The monoisotopic (exact) mass is 650 g/mol. The molecule has 5 rings (SSSR count). The van der Waals surface area contributed by atoms with Crippen LogP contribution in [0.25, 0.3) is 11.1 Å². The molecule has 2 aromatic heterocycles. The SMILES string of the molecule is CC(=O)C1(CC(=O)C2(C(=O)Nc3nc(Br)ccc3C)CC(F)(CN(C)C)CN2)N=Nc2ccc(-c3cnc(C)nc3)cc21. The van der Waals surface area contributed by atoms with Crippen LogP contribution in [0.2, 0.25) is 0 Å². The van der Waals surface area contributed by atoms with E-state index in [2.05, 4.69) is 51.7 Å². The average Bonchev–Trinajstić information content (AvgIpc) is 3.50. The van der Waals surface area contributed by atoms with E-state index in [-0.39, 0.29) is 18.9 Å². The first kappa shape index (κ1) is 30.6. The third-order valence-corrected chi connectivity index (χ3v) is 8.37. The molecule has 3 atom stereocenters. The van der Waals surface area contributed by atoms with Gasteiger partial charge in [0, 0.05) is 49.5 Å². The maximum atomic E-state index is 16.2. The Hall–Kier alpha value is -3.81. The molecule has 0 saturated carbocycles. The maximum Gasteiger partial charge on any atom is 0.253 e. The van der Waals surface area contributed by atoms with Crippen molar-refractivity contribution >= 4 is 44.9 Å². The van der Waals surface area contributed by atoms with Gasteiger partial charge in [-0.2, -0.15) is 10.2 Å². The summed E-state index contributed by atoms with van der Waals surface area (Å²) < 4.78 is 16.6. The van der Waals surface area contributed by atoms with Gasteiger partial charge >= 0.3 is 0 Å². The van der Waals surface area contributed by atoms with Crippen LogP contribution < -0.4 is 10.6 Å². The molecule has 4 heterocycles. The van der Waals surface area contributed by atoms with Crippen LogP contribution in [0.4, 0.5) is 15.9 Å².